The molecule has 0 saturated carbocycles. The van der Waals surface area contributed by atoms with E-state index in [-0.39, 0.29) is 6.04 Å². The van der Waals surface area contributed by atoms with Crippen molar-refractivity contribution >= 4 is 6.09 Å². The van der Waals surface area contributed by atoms with Crippen molar-refractivity contribution < 1.29 is 9.53 Å². The van der Waals surface area contributed by atoms with E-state index in [2.05, 4.69) is 22.1 Å². The SMILES string of the molecule is O=C1N[C@H](c2cccc(C#Cc3ccccc3)c2)[C@@H](c2cccnc2)O1. The molecule has 4 nitrogen and oxygen atoms in total. The van der Waals surface area contributed by atoms with Crippen molar-refractivity contribution in [2.45, 2.75) is 12.1 Å². The number of amides is 1. The minimum atomic E-state index is -0.426. The van der Waals surface area contributed by atoms with E-state index in [1.165, 1.54) is 0 Å². The van der Waals surface area contributed by atoms with Gasteiger partial charge in [-0.1, -0.05) is 48.2 Å². The second-order valence-corrected chi connectivity index (χ2v) is 5.98. The predicted molar refractivity (Wildman–Crippen MR) is 98.2 cm³/mol. The van der Waals surface area contributed by atoms with Crippen LogP contribution in [-0.2, 0) is 4.74 Å². The lowest BCUT2D eigenvalue weighted by Crippen LogP contribution is -2.19. The molecule has 1 fully saturated rings. The fourth-order valence-electron chi connectivity index (χ4n) is 2.96. The van der Waals surface area contributed by atoms with Gasteiger partial charge in [-0.05, 0) is 35.9 Å². The zero-order valence-corrected chi connectivity index (χ0v) is 13.9. The summed E-state index contributed by atoms with van der Waals surface area (Å²) < 4.78 is 5.46. The van der Waals surface area contributed by atoms with Gasteiger partial charge in [0, 0.05) is 29.1 Å². The third kappa shape index (κ3) is 3.42. The smallest absolute Gasteiger partial charge is 0.408 e. The van der Waals surface area contributed by atoms with Gasteiger partial charge in [0.05, 0.1) is 6.04 Å². The summed E-state index contributed by atoms with van der Waals surface area (Å²) in [5, 5.41) is 2.88. The van der Waals surface area contributed by atoms with E-state index in [4.69, 9.17) is 4.74 Å². The summed E-state index contributed by atoms with van der Waals surface area (Å²) in [6, 6.07) is 21.2. The van der Waals surface area contributed by atoms with E-state index in [1.807, 2.05) is 66.7 Å². The first-order valence-corrected chi connectivity index (χ1v) is 8.34. The van der Waals surface area contributed by atoms with Crippen LogP contribution in [0.15, 0.2) is 79.1 Å². The number of rotatable bonds is 2. The molecule has 1 amide bonds. The molecule has 0 radical (unpaired) electrons. The van der Waals surface area contributed by atoms with Gasteiger partial charge in [-0.2, -0.15) is 0 Å². The number of cyclic esters (lactones) is 1. The molecular weight excluding hydrogens is 324 g/mol. The largest absolute Gasteiger partial charge is 0.439 e. The number of ether oxygens (including phenoxy) is 1. The fraction of sp³-hybridized carbons (Fsp3) is 0.0909. The lowest BCUT2D eigenvalue weighted by atomic mass is 9.96. The van der Waals surface area contributed by atoms with Gasteiger partial charge in [0.25, 0.3) is 0 Å². The normalized spacial score (nSPS) is 18.4. The van der Waals surface area contributed by atoms with Crippen LogP contribution < -0.4 is 5.32 Å². The molecule has 2 atom stereocenters. The van der Waals surface area contributed by atoms with Crippen LogP contribution in [0, 0.1) is 11.8 Å². The van der Waals surface area contributed by atoms with Gasteiger partial charge in [0.15, 0.2) is 6.10 Å². The Hall–Kier alpha value is -3.58. The monoisotopic (exact) mass is 340 g/mol. The first-order valence-electron chi connectivity index (χ1n) is 8.34. The highest BCUT2D eigenvalue weighted by molar-refractivity contribution is 5.71. The van der Waals surface area contributed by atoms with Gasteiger partial charge in [-0.25, -0.2) is 4.79 Å². The molecule has 0 unspecified atom stereocenters. The first-order chi connectivity index (χ1) is 12.8. The number of nitrogens with one attached hydrogen (secondary N) is 1. The summed E-state index contributed by atoms with van der Waals surface area (Å²) in [7, 11) is 0. The highest BCUT2D eigenvalue weighted by Crippen LogP contribution is 2.36. The molecule has 126 valence electrons. The highest BCUT2D eigenvalue weighted by Gasteiger charge is 2.36. The predicted octanol–water partition coefficient (Wildman–Crippen LogP) is 4.00. The van der Waals surface area contributed by atoms with Gasteiger partial charge in [0.1, 0.15) is 0 Å². The van der Waals surface area contributed by atoms with Gasteiger partial charge >= 0.3 is 6.09 Å². The molecule has 2 aromatic carbocycles. The number of hydrogen-bond acceptors (Lipinski definition) is 3. The van der Waals surface area contributed by atoms with Gasteiger partial charge in [-0.3, -0.25) is 4.98 Å². The maximum Gasteiger partial charge on any atom is 0.408 e. The zero-order chi connectivity index (χ0) is 17.8. The van der Waals surface area contributed by atoms with Crippen molar-refractivity contribution in [2.24, 2.45) is 0 Å². The maximum atomic E-state index is 11.8. The van der Waals surface area contributed by atoms with E-state index < -0.39 is 12.2 Å². The van der Waals surface area contributed by atoms with E-state index in [0.717, 1.165) is 22.3 Å². The average Bonchev–Trinajstić information content (AvgIpc) is 3.10. The molecule has 0 bridgehead atoms. The zero-order valence-electron chi connectivity index (χ0n) is 13.9. The van der Waals surface area contributed by atoms with E-state index in [1.54, 1.807) is 12.4 Å². The number of aromatic nitrogens is 1. The summed E-state index contributed by atoms with van der Waals surface area (Å²) in [6.07, 6.45) is 2.58. The molecule has 4 heteroatoms. The molecule has 3 aromatic rings. The Labute approximate surface area is 151 Å². The average molecular weight is 340 g/mol. The van der Waals surface area contributed by atoms with Crippen LogP contribution in [0.1, 0.15) is 34.4 Å². The molecule has 1 saturated heterocycles. The Kier molecular flexibility index (Phi) is 4.36. The van der Waals surface area contributed by atoms with Crippen LogP contribution >= 0.6 is 0 Å². The lowest BCUT2D eigenvalue weighted by molar-refractivity contribution is 0.132. The van der Waals surface area contributed by atoms with Gasteiger partial charge in [-0.15, -0.1) is 0 Å². The quantitative estimate of drug-likeness (QED) is 0.717. The first kappa shape index (κ1) is 15.9. The number of carbonyl (C=O) groups is 1. The molecule has 0 spiro atoms. The van der Waals surface area contributed by atoms with Gasteiger partial charge in [0.2, 0.25) is 0 Å². The molecule has 1 aliphatic rings. The molecule has 4 rings (SSSR count). The van der Waals surface area contributed by atoms with E-state index in [0.29, 0.717) is 0 Å². The molecular formula is C22H16N2O2. The van der Waals surface area contributed by atoms with E-state index >= 15 is 0 Å². The summed E-state index contributed by atoms with van der Waals surface area (Å²) in [4.78, 5) is 15.9. The molecule has 2 heterocycles. The van der Waals surface area contributed by atoms with Crippen LogP contribution in [0.4, 0.5) is 4.79 Å². The second kappa shape index (κ2) is 7.12. The van der Waals surface area contributed by atoms with Crippen LogP contribution in [0.5, 0.6) is 0 Å². The van der Waals surface area contributed by atoms with Crippen LogP contribution in [0.25, 0.3) is 0 Å². The lowest BCUT2D eigenvalue weighted by Gasteiger charge is -2.17. The summed E-state index contributed by atoms with van der Waals surface area (Å²) >= 11 is 0. The molecule has 1 aromatic heterocycles. The number of hydrogen-bond donors (Lipinski definition) is 1. The molecule has 0 aliphatic carbocycles. The summed E-state index contributed by atoms with van der Waals surface area (Å²) in [6.45, 7) is 0. The third-order valence-electron chi connectivity index (χ3n) is 4.19. The topological polar surface area (TPSA) is 51.2 Å². The van der Waals surface area contributed by atoms with Crippen molar-refractivity contribution in [2.75, 3.05) is 0 Å². The number of alkyl carbamates (subject to hydrolysis) is 1. The third-order valence-corrected chi connectivity index (χ3v) is 4.19. The minimum absolute atomic E-state index is 0.273. The van der Waals surface area contributed by atoms with Crippen molar-refractivity contribution in [1.82, 2.24) is 10.3 Å². The van der Waals surface area contributed by atoms with Crippen LogP contribution in [-0.4, -0.2) is 11.1 Å². The van der Waals surface area contributed by atoms with Crippen molar-refractivity contribution in [3.05, 3.63) is 101 Å². The fourth-order valence-corrected chi connectivity index (χ4v) is 2.96. The highest BCUT2D eigenvalue weighted by atomic mass is 16.6. The number of pyridine rings is 1. The Balaban J connectivity index is 1.63. The van der Waals surface area contributed by atoms with Crippen LogP contribution in [0.3, 0.4) is 0 Å². The summed E-state index contributed by atoms with van der Waals surface area (Å²) in [5.74, 6) is 6.33. The second-order valence-electron chi connectivity index (χ2n) is 5.98. The Bertz CT molecular complexity index is 975. The summed E-state index contributed by atoms with van der Waals surface area (Å²) in [5.41, 5.74) is 3.65. The van der Waals surface area contributed by atoms with Gasteiger partial charge < -0.3 is 10.1 Å². The van der Waals surface area contributed by atoms with Crippen molar-refractivity contribution in [3.63, 3.8) is 0 Å². The standard InChI is InChI=1S/C22H16N2O2/c25-22-24-20(21(26-22)19-10-5-13-23-15-19)18-9-4-8-17(14-18)12-11-16-6-2-1-3-7-16/h1-10,13-15,20-21H,(H,24,25)/t20-,21-/m1/s1. The number of nitrogens with zero attached hydrogens (tertiary/aromatic N) is 1. The van der Waals surface area contributed by atoms with E-state index in [9.17, 15) is 4.79 Å². The number of benzene rings is 2. The maximum absolute atomic E-state index is 11.8. The Morgan fingerprint density at radius 2 is 1.65 bits per heavy atom. The molecule has 26 heavy (non-hydrogen) atoms. The Morgan fingerprint density at radius 1 is 0.885 bits per heavy atom. The molecule has 1 N–H and O–H groups in total. The Morgan fingerprint density at radius 3 is 2.46 bits per heavy atom. The van der Waals surface area contributed by atoms with Crippen molar-refractivity contribution in [3.8, 4) is 11.8 Å². The van der Waals surface area contributed by atoms with Crippen LogP contribution in [0.2, 0.25) is 0 Å². The van der Waals surface area contributed by atoms with Crippen molar-refractivity contribution in [1.29, 1.82) is 0 Å². The molecule has 1 aliphatic heterocycles. The number of carbonyl (C=O) groups excluding carboxylic acids is 1. The minimum Gasteiger partial charge on any atom is -0.439 e.